The van der Waals surface area contributed by atoms with E-state index in [2.05, 4.69) is 0 Å². The average molecular weight is 292 g/mol. The van der Waals surface area contributed by atoms with Crippen molar-refractivity contribution in [1.82, 2.24) is 0 Å². The zero-order valence-corrected chi connectivity index (χ0v) is 12.8. The van der Waals surface area contributed by atoms with Gasteiger partial charge in [-0.2, -0.15) is 0 Å². The van der Waals surface area contributed by atoms with E-state index in [9.17, 15) is 9.59 Å². The molecule has 0 radical (unpaired) electrons. The van der Waals surface area contributed by atoms with Gasteiger partial charge in [-0.05, 0) is 24.8 Å². The fourth-order valence-corrected chi connectivity index (χ4v) is 1.85. The first-order valence-electron chi connectivity index (χ1n) is 7.13. The van der Waals surface area contributed by atoms with Gasteiger partial charge in [0.15, 0.2) is 0 Å². The van der Waals surface area contributed by atoms with E-state index in [0.29, 0.717) is 12.8 Å². The lowest BCUT2D eigenvalue weighted by Crippen LogP contribution is -2.53. The highest BCUT2D eigenvalue weighted by Crippen LogP contribution is 2.19. The number of hydrogen-bond donors (Lipinski definition) is 2. The van der Waals surface area contributed by atoms with Crippen LogP contribution in [-0.2, 0) is 20.7 Å². The molecule has 0 aliphatic heterocycles. The molecule has 0 bridgehead atoms. The summed E-state index contributed by atoms with van der Waals surface area (Å²) >= 11 is 0. The van der Waals surface area contributed by atoms with Crippen molar-refractivity contribution < 1.29 is 14.3 Å². The fourth-order valence-electron chi connectivity index (χ4n) is 1.85. The predicted molar refractivity (Wildman–Crippen MR) is 81.3 cm³/mol. The quantitative estimate of drug-likeness (QED) is 0.610. The molecule has 0 spiro atoms. The zero-order valence-electron chi connectivity index (χ0n) is 12.8. The Morgan fingerprint density at radius 3 is 2.38 bits per heavy atom. The summed E-state index contributed by atoms with van der Waals surface area (Å²) in [4.78, 5) is 23.9. The molecule has 0 unspecified atom stereocenters. The molecule has 0 saturated heterocycles. The Hall–Kier alpha value is -1.72. The van der Waals surface area contributed by atoms with Crippen LogP contribution in [0.3, 0.4) is 0 Å². The molecule has 0 aliphatic carbocycles. The van der Waals surface area contributed by atoms with E-state index >= 15 is 0 Å². The molecule has 0 saturated carbocycles. The normalized spacial score (nSPS) is 16.6. The summed E-state index contributed by atoms with van der Waals surface area (Å²) in [6, 6.07) is 8.44. The molecular weight excluding hydrogens is 268 g/mol. The highest BCUT2D eigenvalue weighted by Gasteiger charge is 2.37. The molecular formula is C16H24N2O3. The van der Waals surface area contributed by atoms with Crippen LogP contribution in [0.4, 0.5) is 0 Å². The van der Waals surface area contributed by atoms with E-state index in [-0.39, 0.29) is 5.92 Å². The minimum Gasteiger partial charge on any atom is -0.391 e. The smallest absolute Gasteiger partial charge is 0.333 e. The van der Waals surface area contributed by atoms with Crippen LogP contribution in [0.2, 0.25) is 0 Å². The van der Waals surface area contributed by atoms with Gasteiger partial charge >= 0.3 is 11.9 Å². The molecule has 1 rings (SSSR count). The van der Waals surface area contributed by atoms with E-state index < -0.39 is 23.5 Å². The van der Waals surface area contributed by atoms with Crippen LogP contribution in [0.1, 0.15) is 32.8 Å². The van der Waals surface area contributed by atoms with Crippen LogP contribution in [-0.4, -0.2) is 23.5 Å². The molecule has 0 aromatic heterocycles. The highest BCUT2D eigenvalue weighted by molar-refractivity contribution is 5.93. The Balaban J connectivity index is 2.62. The van der Waals surface area contributed by atoms with E-state index in [0.717, 1.165) is 5.56 Å². The van der Waals surface area contributed by atoms with Crippen LogP contribution in [0.15, 0.2) is 30.3 Å². The van der Waals surface area contributed by atoms with Crippen molar-refractivity contribution in [3.05, 3.63) is 35.9 Å². The summed E-state index contributed by atoms with van der Waals surface area (Å²) in [5, 5.41) is 0. The largest absolute Gasteiger partial charge is 0.391 e. The molecule has 5 nitrogen and oxygen atoms in total. The van der Waals surface area contributed by atoms with Gasteiger partial charge in [0.25, 0.3) is 0 Å². The Bertz CT molecular complexity index is 486. The SMILES string of the molecule is CC[C@H](C)[C@](C)(N)C(=O)OC(=O)[C@@H](N)Cc1ccccc1. The lowest BCUT2D eigenvalue weighted by atomic mass is 9.86. The lowest BCUT2D eigenvalue weighted by molar-refractivity contribution is -0.165. The summed E-state index contributed by atoms with van der Waals surface area (Å²) in [5.41, 5.74) is 11.4. The standard InChI is InChI=1S/C16H24N2O3/c1-4-11(2)16(3,18)15(20)21-14(19)13(17)10-12-8-6-5-7-9-12/h5-9,11,13H,4,10,17-18H2,1-3H3/t11-,13-,16-/m0/s1. The van der Waals surface area contributed by atoms with Gasteiger partial charge in [-0.15, -0.1) is 0 Å². The van der Waals surface area contributed by atoms with Gasteiger partial charge in [0.2, 0.25) is 0 Å². The summed E-state index contributed by atoms with van der Waals surface area (Å²) in [7, 11) is 0. The van der Waals surface area contributed by atoms with E-state index in [1.54, 1.807) is 6.92 Å². The van der Waals surface area contributed by atoms with E-state index in [1.807, 2.05) is 44.2 Å². The van der Waals surface area contributed by atoms with E-state index in [4.69, 9.17) is 16.2 Å². The maximum Gasteiger partial charge on any atom is 0.333 e. The topological polar surface area (TPSA) is 95.4 Å². The number of benzene rings is 1. The minimum absolute atomic E-state index is 0.0943. The van der Waals surface area contributed by atoms with Gasteiger partial charge < -0.3 is 16.2 Å². The molecule has 0 aliphatic rings. The number of carbonyl (C=O) groups excluding carboxylic acids is 2. The van der Waals surface area contributed by atoms with Crippen LogP contribution in [0.25, 0.3) is 0 Å². The zero-order chi connectivity index (χ0) is 16.0. The van der Waals surface area contributed by atoms with Crippen LogP contribution < -0.4 is 11.5 Å². The second kappa shape index (κ2) is 7.33. The molecule has 116 valence electrons. The Morgan fingerprint density at radius 1 is 1.29 bits per heavy atom. The summed E-state index contributed by atoms with van der Waals surface area (Å²) in [6.45, 7) is 5.33. The van der Waals surface area contributed by atoms with Crippen molar-refractivity contribution in [2.45, 2.75) is 45.2 Å². The average Bonchev–Trinajstić information content (AvgIpc) is 2.46. The number of hydrogen-bond acceptors (Lipinski definition) is 5. The summed E-state index contributed by atoms with van der Waals surface area (Å²) < 4.78 is 4.84. The number of carbonyl (C=O) groups is 2. The van der Waals surface area contributed by atoms with Gasteiger partial charge in [-0.1, -0.05) is 50.6 Å². The first-order valence-corrected chi connectivity index (χ1v) is 7.13. The van der Waals surface area contributed by atoms with Gasteiger partial charge in [0.05, 0.1) is 0 Å². The monoisotopic (exact) mass is 292 g/mol. The first kappa shape index (κ1) is 17.3. The summed E-state index contributed by atoms with van der Waals surface area (Å²) in [5.74, 6) is -1.57. The molecule has 0 fully saturated rings. The second-order valence-corrected chi connectivity index (χ2v) is 5.60. The van der Waals surface area contributed by atoms with Crippen LogP contribution >= 0.6 is 0 Å². The van der Waals surface area contributed by atoms with Crippen molar-refractivity contribution in [3.63, 3.8) is 0 Å². The van der Waals surface area contributed by atoms with Crippen molar-refractivity contribution in [3.8, 4) is 0 Å². The van der Waals surface area contributed by atoms with Gasteiger partial charge in [-0.3, -0.25) is 0 Å². The first-order chi connectivity index (χ1) is 9.78. The third-order valence-corrected chi connectivity index (χ3v) is 3.87. The number of nitrogens with two attached hydrogens (primary N) is 2. The molecule has 1 aromatic rings. The Kier molecular flexibility index (Phi) is 6.05. The van der Waals surface area contributed by atoms with Crippen molar-refractivity contribution in [1.29, 1.82) is 0 Å². The molecule has 0 heterocycles. The predicted octanol–water partition coefficient (Wildman–Crippen LogP) is 1.39. The fraction of sp³-hybridized carbons (Fsp3) is 0.500. The van der Waals surface area contributed by atoms with Crippen molar-refractivity contribution in [2.24, 2.45) is 17.4 Å². The molecule has 4 N–H and O–H groups in total. The van der Waals surface area contributed by atoms with Crippen molar-refractivity contribution in [2.75, 3.05) is 0 Å². The van der Waals surface area contributed by atoms with E-state index in [1.165, 1.54) is 0 Å². The molecule has 21 heavy (non-hydrogen) atoms. The van der Waals surface area contributed by atoms with Gasteiger partial charge in [-0.25, -0.2) is 9.59 Å². The molecule has 5 heteroatoms. The minimum atomic E-state index is -1.20. The van der Waals surface area contributed by atoms with Gasteiger partial charge in [0.1, 0.15) is 11.6 Å². The number of esters is 2. The Labute approximate surface area is 125 Å². The van der Waals surface area contributed by atoms with Crippen LogP contribution in [0.5, 0.6) is 0 Å². The molecule has 3 atom stereocenters. The number of rotatable bonds is 6. The Morgan fingerprint density at radius 2 is 1.86 bits per heavy atom. The number of ether oxygens (including phenoxy) is 1. The third-order valence-electron chi connectivity index (χ3n) is 3.87. The summed E-state index contributed by atoms with van der Waals surface area (Å²) in [6.07, 6.45) is 1.03. The molecule has 1 aromatic carbocycles. The van der Waals surface area contributed by atoms with Crippen molar-refractivity contribution >= 4 is 11.9 Å². The third kappa shape index (κ3) is 4.65. The van der Waals surface area contributed by atoms with Crippen LogP contribution in [0, 0.1) is 5.92 Å². The lowest BCUT2D eigenvalue weighted by Gasteiger charge is -2.28. The second-order valence-electron chi connectivity index (χ2n) is 5.60. The maximum atomic E-state index is 12.0. The van der Waals surface area contributed by atoms with Gasteiger partial charge in [0, 0.05) is 0 Å². The maximum absolute atomic E-state index is 12.0. The highest BCUT2D eigenvalue weighted by atomic mass is 16.6. The molecule has 0 amide bonds.